The smallest absolute Gasteiger partial charge is 0.261 e. The molecule has 0 amide bonds. The average molecular weight is 536 g/mol. The maximum atomic E-state index is 14.2. The van der Waals surface area contributed by atoms with Crippen LogP contribution in [-0.2, 0) is 23.6 Å². The van der Waals surface area contributed by atoms with Crippen molar-refractivity contribution < 1.29 is 23.7 Å². The predicted molar refractivity (Wildman–Crippen MR) is 152 cm³/mol. The zero-order chi connectivity index (χ0) is 27.6. The van der Waals surface area contributed by atoms with Gasteiger partial charge in [-0.3, -0.25) is 4.98 Å². The molecule has 202 valence electrons. The van der Waals surface area contributed by atoms with Crippen molar-refractivity contribution in [2.75, 3.05) is 6.61 Å². The number of benzene rings is 4. The second kappa shape index (κ2) is 13.0. The molecule has 1 atom stereocenters. The highest BCUT2D eigenvalue weighted by Gasteiger charge is 2.37. The molecule has 0 aliphatic rings. The van der Waals surface area contributed by atoms with Gasteiger partial charge in [-0.05, 0) is 22.3 Å². The molecule has 1 unspecified atom stereocenters. The van der Waals surface area contributed by atoms with Crippen LogP contribution in [0.2, 0.25) is 0 Å². The summed E-state index contributed by atoms with van der Waals surface area (Å²) in [6.07, 6.45) is -0.414. The second-order valence-corrected chi connectivity index (χ2v) is 9.18. The Balaban J connectivity index is 1.50. The summed E-state index contributed by atoms with van der Waals surface area (Å²) in [5.41, 5.74) is 3.38. The van der Waals surface area contributed by atoms with Crippen LogP contribution in [0.5, 0.6) is 11.5 Å². The van der Waals surface area contributed by atoms with Gasteiger partial charge in [0.15, 0.2) is 11.5 Å². The summed E-state index contributed by atoms with van der Waals surface area (Å²) in [5, 5.41) is 9.27. The van der Waals surface area contributed by atoms with Crippen molar-refractivity contribution in [1.82, 2.24) is 4.98 Å². The molecular formula is C34H30FNO4. The number of hydrogen-bond donors (Lipinski definition) is 1. The normalized spacial score (nSPS) is 12.1. The van der Waals surface area contributed by atoms with E-state index in [9.17, 15) is 9.50 Å². The van der Waals surface area contributed by atoms with Crippen LogP contribution in [0.1, 0.15) is 27.9 Å². The number of aliphatic hydroxyl groups excluding tert-OH is 1. The van der Waals surface area contributed by atoms with E-state index in [0.29, 0.717) is 5.69 Å². The van der Waals surface area contributed by atoms with Crippen LogP contribution in [0.3, 0.4) is 0 Å². The number of pyridine rings is 1. The van der Waals surface area contributed by atoms with Gasteiger partial charge < -0.3 is 19.3 Å². The zero-order valence-electron chi connectivity index (χ0n) is 21.9. The lowest BCUT2D eigenvalue weighted by Gasteiger charge is -2.36. The molecule has 4 aromatic carbocycles. The molecule has 0 aliphatic carbocycles. The number of rotatable bonds is 12. The Labute approximate surface area is 233 Å². The lowest BCUT2D eigenvalue weighted by Crippen LogP contribution is -2.33. The van der Waals surface area contributed by atoms with E-state index in [2.05, 4.69) is 4.98 Å². The predicted octanol–water partition coefficient (Wildman–Crippen LogP) is 6.84. The zero-order valence-corrected chi connectivity index (χ0v) is 21.9. The second-order valence-electron chi connectivity index (χ2n) is 9.18. The Bertz CT molecular complexity index is 1370. The first-order valence-electron chi connectivity index (χ1n) is 13.1. The molecule has 0 saturated carbocycles. The van der Waals surface area contributed by atoms with Crippen molar-refractivity contribution in [3.05, 3.63) is 162 Å². The molecule has 0 bridgehead atoms. The Kier molecular flexibility index (Phi) is 8.81. The number of alkyl halides is 1. The number of aliphatic hydroxyl groups is 1. The number of ether oxygens (including phenoxy) is 3. The van der Waals surface area contributed by atoms with Crippen LogP contribution >= 0.6 is 0 Å². The third-order valence-electron chi connectivity index (χ3n) is 6.50. The molecule has 0 radical (unpaired) electrons. The summed E-state index contributed by atoms with van der Waals surface area (Å²) in [6.45, 7) is -0.445. The maximum absolute atomic E-state index is 14.2. The van der Waals surface area contributed by atoms with Gasteiger partial charge in [0.2, 0.25) is 0 Å². The Morgan fingerprint density at radius 3 is 1.68 bits per heavy atom. The first-order valence-corrected chi connectivity index (χ1v) is 13.1. The van der Waals surface area contributed by atoms with Gasteiger partial charge in [-0.15, -0.1) is 0 Å². The summed E-state index contributed by atoms with van der Waals surface area (Å²) < 4.78 is 32.3. The topological polar surface area (TPSA) is 60.8 Å². The average Bonchev–Trinajstić information content (AvgIpc) is 3.03. The van der Waals surface area contributed by atoms with Crippen molar-refractivity contribution in [2.24, 2.45) is 0 Å². The van der Waals surface area contributed by atoms with E-state index in [1.807, 2.05) is 121 Å². The lowest BCUT2D eigenvalue weighted by molar-refractivity contribution is -0.00283. The van der Waals surface area contributed by atoms with Gasteiger partial charge in [-0.25, -0.2) is 0 Å². The summed E-state index contributed by atoms with van der Waals surface area (Å²) in [6, 6.07) is 41.3. The van der Waals surface area contributed by atoms with Gasteiger partial charge in [0.05, 0.1) is 18.5 Å². The number of nitrogens with zero attached hydrogens (tertiary/aromatic N) is 1. The van der Waals surface area contributed by atoms with Crippen LogP contribution in [0.4, 0.5) is 4.39 Å². The molecule has 0 fully saturated rings. The van der Waals surface area contributed by atoms with E-state index < -0.39 is 18.6 Å². The van der Waals surface area contributed by atoms with Crippen molar-refractivity contribution in [3.8, 4) is 11.5 Å². The minimum absolute atomic E-state index is 0.0874. The summed E-state index contributed by atoms with van der Waals surface area (Å²) in [7, 11) is 0. The SMILES string of the molecule is OCC(F)Oc1cc(COC(c2ccccc2)(c2ccccc2)c2ccccc2)ncc1OCc1ccccc1. The molecule has 1 heterocycles. The van der Waals surface area contributed by atoms with Crippen LogP contribution in [-0.4, -0.2) is 23.1 Å². The van der Waals surface area contributed by atoms with Gasteiger partial charge in [-0.1, -0.05) is 121 Å². The van der Waals surface area contributed by atoms with Crippen LogP contribution in [0.15, 0.2) is 134 Å². The molecule has 0 spiro atoms. The minimum Gasteiger partial charge on any atom is -0.483 e. The fourth-order valence-corrected chi connectivity index (χ4v) is 4.61. The van der Waals surface area contributed by atoms with Crippen molar-refractivity contribution in [1.29, 1.82) is 0 Å². The molecule has 1 aromatic heterocycles. The van der Waals surface area contributed by atoms with E-state index in [-0.39, 0.29) is 24.7 Å². The fourth-order valence-electron chi connectivity index (χ4n) is 4.61. The Morgan fingerprint density at radius 1 is 0.675 bits per heavy atom. The van der Waals surface area contributed by atoms with E-state index in [1.165, 1.54) is 6.20 Å². The van der Waals surface area contributed by atoms with E-state index in [1.54, 1.807) is 6.07 Å². The van der Waals surface area contributed by atoms with Crippen molar-refractivity contribution in [3.63, 3.8) is 0 Å². The molecule has 5 rings (SSSR count). The molecular weight excluding hydrogens is 505 g/mol. The molecule has 5 nitrogen and oxygen atoms in total. The highest BCUT2D eigenvalue weighted by Crippen LogP contribution is 2.41. The molecule has 0 saturated heterocycles. The molecule has 5 aromatic rings. The number of halogens is 1. The third-order valence-corrected chi connectivity index (χ3v) is 6.50. The van der Waals surface area contributed by atoms with Gasteiger partial charge >= 0.3 is 0 Å². The van der Waals surface area contributed by atoms with E-state index >= 15 is 0 Å². The van der Waals surface area contributed by atoms with E-state index in [0.717, 1.165) is 22.3 Å². The van der Waals surface area contributed by atoms with Crippen LogP contribution in [0, 0.1) is 0 Å². The quantitative estimate of drug-likeness (QED) is 0.177. The maximum Gasteiger partial charge on any atom is 0.261 e. The number of hydrogen-bond acceptors (Lipinski definition) is 5. The Morgan fingerprint density at radius 2 is 1.18 bits per heavy atom. The highest BCUT2D eigenvalue weighted by atomic mass is 19.1. The summed E-state index contributed by atoms with van der Waals surface area (Å²) >= 11 is 0. The lowest BCUT2D eigenvalue weighted by atomic mass is 9.80. The first-order chi connectivity index (χ1) is 19.7. The largest absolute Gasteiger partial charge is 0.483 e. The standard InChI is InChI=1S/C34H30FNO4/c35-33(23-37)40-31-21-30(36-22-32(31)38-24-26-13-5-1-6-14-26)25-39-34(27-15-7-2-8-16-27,28-17-9-3-10-18-28)29-19-11-4-12-20-29/h1-22,33,37H,23-25H2. The van der Waals surface area contributed by atoms with Crippen LogP contribution < -0.4 is 9.47 Å². The van der Waals surface area contributed by atoms with E-state index in [4.69, 9.17) is 14.2 Å². The molecule has 6 heteroatoms. The monoisotopic (exact) mass is 535 g/mol. The first kappa shape index (κ1) is 27.1. The highest BCUT2D eigenvalue weighted by molar-refractivity contribution is 5.47. The molecule has 0 aliphatic heterocycles. The summed E-state index contributed by atoms with van der Waals surface area (Å²) in [5.74, 6) is 0.403. The van der Waals surface area contributed by atoms with Crippen LogP contribution in [0.25, 0.3) is 0 Å². The molecule has 1 N–H and O–H groups in total. The minimum atomic E-state index is -1.91. The number of aromatic nitrogens is 1. The van der Waals surface area contributed by atoms with Gasteiger partial charge in [0.1, 0.15) is 18.8 Å². The summed E-state index contributed by atoms with van der Waals surface area (Å²) in [4.78, 5) is 4.55. The fraction of sp³-hybridized carbons (Fsp3) is 0.147. The van der Waals surface area contributed by atoms with Gasteiger partial charge in [0.25, 0.3) is 6.36 Å². The third kappa shape index (κ3) is 6.20. The van der Waals surface area contributed by atoms with Crippen molar-refractivity contribution >= 4 is 0 Å². The van der Waals surface area contributed by atoms with Gasteiger partial charge in [-0.2, -0.15) is 4.39 Å². The molecule has 40 heavy (non-hydrogen) atoms. The van der Waals surface area contributed by atoms with Crippen molar-refractivity contribution in [2.45, 2.75) is 25.2 Å². The Hall–Kier alpha value is -4.52. The van der Waals surface area contributed by atoms with Gasteiger partial charge in [0, 0.05) is 6.07 Å².